The zero-order chi connectivity index (χ0) is 17.0. The Morgan fingerprint density at radius 2 is 1.79 bits per heavy atom. The van der Waals surface area contributed by atoms with Crippen molar-refractivity contribution in [3.63, 3.8) is 0 Å². The van der Waals surface area contributed by atoms with Crippen LogP contribution in [-0.2, 0) is 27.2 Å². The van der Waals surface area contributed by atoms with Crippen LogP contribution in [0.15, 0.2) is 53.3 Å². The molecule has 0 saturated heterocycles. The largest absolute Gasteiger partial charge is 0.379 e. The van der Waals surface area contributed by atoms with Crippen LogP contribution in [0.25, 0.3) is 0 Å². The number of nitrogens with zero attached hydrogens (tertiary/aromatic N) is 1. The molecule has 4 nitrogen and oxygen atoms in total. The molecule has 0 N–H and O–H groups in total. The highest BCUT2D eigenvalue weighted by molar-refractivity contribution is 9.10. The molecule has 1 aromatic heterocycles. The predicted molar refractivity (Wildman–Crippen MR) is 98.0 cm³/mol. The van der Waals surface area contributed by atoms with Gasteiger partial charge in [0.2, 0.25) is 0 Å². The molecule has 0 unspecified atom stereocenters. The second kappa shape index (κ2) is 11.3. The molecule has 2 aromatic rings. The Morgan fingerprint density at radius 1 is 1.00 bits per heavy atom. The SMILES string of the molecule is C[C@H](COCCOCCc1cncc(Br)c1)OCc1ccccc1. The van der Waals surface area contributed by atoms with E-state index >= 15 is 0 Å². The van der Waals surface area contributed by atoms with Gasteiger partial charge in [-0.3, -0.25) is 4.98 Å². The molecule has 0 aliphatic carbocycles. The van der Waals surface area contributed by atoms with Gasteiger partial charge >= 0.3 is 0 Å². The highest BCUT2D eigenvalue weighted by atomic mass is 79.9. The second-order valence-electron chi connectivity index (χ2n) is 5.56. The number of pyridine rings is 1. The van der Waals surface area contributed by atoms with Crippen LogP contribution in [0.4, 0.5) is 0 Å². The molecule has 130 valence electrons. The van der Waals surface area contributed by atoms with Crippen LogP contribution in [0, 0.1) is 0 Å². The monoisotopic (exact) mass is 393 g/mol. The number of hydrogen-bond acceptors (Lipinski definition) is 4. The quantitative estimate of drug-likeness (QED) is 0.540. The number of halogens is 1. The lowest BCUT2D eigenvalue weighted by Crippen LogP contribution is -2.18. The van der Waals surface area contributed by atoms with Crippen molar-refractivity contribution in [2.45, 2.75) is 26.1 Å². The maximum absolute atomic E-state index is 5.75. The third kappa shape index (κ3) is 8.02. The molecular formula is C19H24BrNO3. The first-order chi connectivity index (χ1) is 11.7. The first-order valence-electron chi connectivity index (χ1n) is 8.14. The summed E-state index contributed by atoms with van der Waals surface area (Å²) >= 11 is 3.41. The van der Waals surface area contributed by atoms with Gasteiger partial charge in [0.05, 0.1) is 39.1 Å². The van der Waals surface area contributed by atoms with Crippen molar-refractivity contribution < 1.29 is 14.2 Å². The molecule has 0 amide bonds. The van der Waals surface area contributed by atoms with Crippen LogP contribution in [0.2, 0.25) is 0 Å². The molecule has 24 heavy (non-hydrogen) atoms. The summed E-state index contributed by atoms with van der Waals surface area (Å²) < 4.78 is 17.9. The second-order valence-corrected chi connectivity index (χ2v) is 6.47. The van der Waals surface area contributed by atoms with Crippen LogP contribution in [0.3, 0.4) is 0 Å². The molecule has 0 fully saturated rings. The van der Waals surface area contributed by atoms with E-state index in [1.807, 2.05) is 31.3 Å². The molecule has 0 saturated carbocycles. The summed E-state index contributed by atoms with van der Waals surface area (Å²) in [6, 6.07) is 12.2. The van der Waals surface area contributed by atoms with Gasteiger partial charge in [-0.25, -0.2) is 0 Å². The van der Waals surface area contributed by atoms with Crippen molar-refractivity contribution in [3.8, 4) is 0 Å². The summed E-state index contributed by atoms with van der Waals surface area (Å²) in [6.07, 6.45) is 4.55. The van der Waals surface area contributed by atoms with Gasteiger partial charge in [0.15, 0.2) is 0 Å². The predicted octanol–water partition coefficient (Wildman–Crippen LogP) is 4.03. The third-order valence-corrected chi connectivity index (χ3v) is 3.83. The van der Waals surface area contributed by atoms with E-state index in [4.69, 9.17) is 14.2 Å². The van der Waals surface area contributed by atoms with E-state index < -0.39 is 0 Å². The van der Waals surface area contributed by atoms with E-state index in [0.29, 0.717) is 33.0 Å². The Bertz CT molecular complexity index is 580. The van der Waals surface area contributed by atoms with E-state index in [0.717, 1.165) is 16.5 Å². The minimum atomic E-state index is 0.0675. The van der Waals surface area contributed by atoms with Gasteiger partial charge in [0.1, 0.15) is 0 Å². The summed E-state index contributed by atoms with van der Waals surface area (Å²) in [5.74, 6) is 0. The lowest BCUT2D eigenvalue weighted by atomic mass is 10.2. The smallest absolute Gasteiger partial charge is 0.0785 e. The maximum Gasteiger partial charge on any atom is 0.0785 e. The van der Waals surface area contributed by atoms with E-state index in [1.54, 1.807) is 6.20 Å². The van der Waals surface area contributed by atoms with Gasteiger partial charge < -0.3 is 14.2 Å². The minimum absolute atomic E-state index is 0.0675. The van der Waals surface area contributed by atoms with Crippen LogP contribution < -0.4 is 0 Å². The van der Waals surface area contributed by atoms with E-state index in [1.165, 1.54) is 5.56 Å². The Balaban J connectivity index is 1.46. The van der Waals surface area contributed by atoms with Gasteiger partial charge in [0.25, 0.3) is 0 Å². The van der Waals surface area contributed by atoms with Crippen molar-refractivity contribution in [1.82, 2.24) is 4.98 Å². The number of rotatable bonds is 11. The summed E-state index contributed by atoms with van der Waals surface area (Å²) in [7, 11) is 0. The van der Waals surface area contributed by atoms with Crippen molar-refractivity contribution in [2.24, 2.45) is 0 Å². The summed E-state index contributed by atoms with van der Waals surface area (Å²) in [6.45, 7) is 5.04. The van der Waals surface area contributed by atoms with Crippen molar-refractivity contribution >= 4 is 15.9 Å². The van der Waals surface area contributed by atoms with Crippen LogP contribution in [0.5, 0.6) is 0 Å². The molecule has 0 radical (unpaired) electrons. The van der Waals surface area contributed by atoms with Crippen molar-refractivity contribution in [1.29, 1.82) is 0 Å². The normalized spacial score (nSPS) is 12.2. The average molecular weight is 394 g/mol. The fraction of sp³-hybridized carbons (Fsp3) is 0.421. The molecule has 1 atom stereocenters. The summed E-state index contributed by atoms with van der Waals surface area (Å²) in [4.78, 5) is 4.13. The fourth-order valence-electron chi connectivity index (χ4n) is 2.11. The van der Waals surface area contributed by atoms with Crippen LogP contribution >= 0.6 is 15.9 Å². The first-order valence-corrected chi connectivity index (χ1v) is 8.94. The standard InChI is InChI=1S/C19H24BrNO3/c1-16(24-15-17-5-3-2-4-6-17)14-23-10-9-22-8-7-18-11-19(20)13-21-12-18/h2-6,11-13,16H,7-10,14-15H2,1H3/t16-/m1/s1. The molecule has 1 aromatic carbocycles. The van der Waals surface area contributed by atoms with Crippen LogP contribution in [-0.4, -0.2) is 37.5 Å². The fourth-order valence-corrected chi connectivity index (χ4v) is 2.52. The zero-order valence-electron chi connectivity index (χ0n) is 14.0. The highest BCUT2D eigenvalue weighted by Gasteiger charge is 2.03. The molecule has 2 rings (SSSR count). The Morgan fingerprint density at radius 3 is 2.58 bits per heavy atom. The Kier molecular flexibility index (Phi) is 8.98. The first kappa shape index (κ1) is 19.1. The highest BCUT2D eigenvalue weighted by Crippen LogP contribution is 2.10. The number of hydrogen-bond donors (Lipinski definition) is 0. The van der Waals surface area contributed by atoms with Gasteiger partial charge in [0, 0.05) is 16.9 Å². The van der Waals surface area contributed by atoms with E-state index in [9.17, 15) is 0 Å². The third-order valence-electron chi connectivity index (χ3n) is 3.40. The summed E-state index contributed by atoms with van der Waals surface area (Å²) in [5.41, 5.74) is 2.34. The zero-order valence-corrected chi connectivity index (χ0v) is 15.6. The molecule has 0 bridgehead atoms. The molecule has 1 heterocycles. The van der Waals surface area contributed by atoms with E-state index in [2.05, 4.69) is 39.1 Å². The van der Waals surface area contributed by atoms with Crippen LogP contribution in [0.1, 0.15) is 18.1 Å². The van der Waals surface area contributed by atoms with Gasteiger partial charge in [-0.1, -0.05) is 30.3 Å². The number of benzene rings is 1. The van der Waals surface area contributed by atoms with Crippen molar-refractivity contribution in [3.05, 3.63) is 64.4 Å². The Hall–Kier alpha value is -1.27. The molecule has 0 aliphatic rings. The number of aromatic nitrogens is 1. The van der Waals surface area contributed by atoms with Crippen molar-refractivity contribution in [2.75, 3.05) is 26.4 Å². The minimum Gasteiger partial charge on any atom is -0.379 e. The van der Waals surface area contributed by atoms with E-state index in [-0.39, 0.29) is 6.10 Å². The average Bonchev–Trinajstić information content (AvgIpc) is 2.60. The molecule has 0 aliphatic heterocycles. The number of ether oxygens (including phenoxy) is 3. The molecule has 5 heteroatoms. The maximum atomic E-state index is 5.75. The van der Waals surface area contributed by atoms with Gasteiger partial charge in [-0.05, 0) is 46.5 Å². The summed E-state index contributed by atoms with van der Waals surface area (Å²) in [5, 5.41) is 0. The topological polar surface area (TPSA) is 40.6 Å². The lowest BCUT2D eigenvalue weighted by molar-refractivity contribution is -0.0292. The molecule has 0 spiro atoms. The molecular weight excluding hydrogens is 370 g/mol. The van der Waals surface area contributed by atoms with Gasteiger partial charge in [-0.15, -0.1) is 0 Å². The lowest BCUT2D eigenvalue weighted by Gasteiger charge is -2.13. The Labute approximate surface area is 152 Å². The van der Waals surface area contributed by atoms with Gasteiger partial charge in [-0.2, -0.15) is 0 Å².